The number of amides is 1. The number of hydrogen-bond donors (Lipinski definition) is 2. The first-order valence-corrected chi connectivity index (χ1v) is 10.3. The summed E-state index contributed by atoms with van der Waals surface area (Å²) in [4.78, 5) is 12.7. The lowest BCUT2D eigenvalue weighted by molar-refractivity contribution is -0.115. The largest absolute Gasteiger partial charge is 0.335 e. The van der Waals surface area contributed by atoms with Gasteiger partial charge < -0.3 is 11.2 Å². The molecule has 3 aromatic rings. The Balaban J connectivity index is 1.74. The number of benzene rings is 2. The Labute approximate surface area is 173 Å². The van der Waals surface area contributed by atoms with Crippen LogP contribution in [0.2, 0.25) is 0 Å². The van der Waals surface area contributed by atoms with Crippen LogP contribution in [0, 0.1) is 5.82 Å². The van der Waals surface area contributed by atoms with Crippen molar-refractivity contribution in [2.24, 2.45) is 0 Å². The molecule has 0 spiro atoms. The molecule has 2 aromatic carbocycles. The predicted molar refractivity (Wildman–Crippen MR) is 115 cm³/mol. The molecule has 152 valence electrons. The summed E-state index contributed by atoms with van der Waals surface area (Å²) in [5, 5.41) is 10.9. The van der Waals surface area contributed by atoms with E-state index in [4.69, 9.17) is 5.84 Å². The maximum absolute atomic E-state index is 14.0. The SMILES string of the molecule is CC[C@@H](C)c1ccccc1NC(=O)[C@H](C)Sc1nnc(-c2ccccc2F)n1N. The second-order valence-corrected chi connectivity index (χ2v) is 8.11. The van der Waals surface area contributed by atoms with Gasteiger partial charge in [-0.1, -0.05) is 55.9 Å². The van der Waals surface area contributed by atoms with E-state index in [1.54, 1.807) is 25.1 Å². The molecule has 0 radical (unpaired) electrons. The van der Waals surface area contributed by atoms with Crippen molar-refractivity contribution in [1.82, 2.24) is 14.9 Å². The standard InChI is InChI=1S/C21H24FN5OS/c1-4-13(2)15-9-6-8-12-18(15)24-20(28)14(3)29-21-26-25-19(27(21)23)16-10-5-7-11-17(16)22/h5-14H,4,23H2,1-3H3,(H,24,28)/t13-,14+/m1/s1. The summed E-state index contributed by atoms with van der Waals surface area (Å²) in [7, 11) is 0. The summed E-state index contributed by atoms with van der Waals surface area (Å²) in [6.45, 7) is 6.01. The minimum absolute atomic E-state index is 0.166. The molecular formula is C21H24FN5OS. The second-order valence-electron chi connectivity index (χ2n) is 6.80. The molecule has 0 saturated carbocycles. The van der Waals surface area contributed by atoms with Crippen LogP contribution in [-0.2, 0) is 4.79 Å². The number of aromatic nitrogens is 3. The average Bonchev–Trinajstić information content (AvgIpc) is 3.08. The van der Waals surface area contributed by atoms with Gasteiger partial charge >= 0.3 is 0 Å². The van der Waals surface area contributed by atoms with Crippen LogP contribution in [0.5, 0.6) is 0 Å². The zero-order valence-electron chi connectivity index (χ0n) is 16.6. The molecule has 1 heterocycles. The molecule has 1 amide bonds. The Kier molecular flexibility index (Phi) is 6.53. The number of carbonyl (C=O) groups excluding carboxylic acids is 1. The van der Waals surface area contributed by atoms with E-state index in [-0.39, 0.29) is 17.3 Å². The zero-order valence-corrected chi connectivity index (χ0v) is 17.4. The zero-order chi connectivity index (χ0) is 21.0. The molecule has 0 bridgehead atoms. The van der Waals surface area contributed by atoms with Gasteiger partial charge in [-0.3, -0.25) is 4.79 Å². The molecule has 0 fully saturated rings. The molecule has 2 atom stereocenters. The van der Waals surface area contributed by atoms with E-state index < -0.39 is 11.1 Å². The summed E-state index contributed by atoms with van der Waals surface area (Å²) in [5.41, 5.74) is 2.17. The van der Waals surface area contributed by atoms with Crippen LogP contribution in [0.3, 0.4) is 0 Å². The van der Waals surface area contributed by atoms with Crippen LogP contribution in [0.25, 0.3) is 11.4 Å². The summed E-state index contributed by atoms with van der Waals surface area (Å²) >= 11 is 1.17. The number of nitrogens with zero attached hydrogens (tertiary/aromatic N) is 3. The maximum Gasteiger partial charge on any atom is 0.237 e. The molecule has 0 aliphatic rings. The van der Waals surface area contributed by atoms with Gasteiger partial charge in [-0.15, -0.1) is 10.2 Å². The Morgan fingerprint density at radius 1 is 1.17 bits per heavy atom. The van der Waals surface area contributed by atoms with E-state index >= 15 is 0 Å². The fourth-order valence-corrected chi connectivity index (χ4v) is 3.66. The van der Waals surface area contributed by atoms with Crippen molar-refractivity contribution in [1.29, 1.82) is 0 Å². The summed E-state index contributed by atoms with van der Waals surface area (Å²) in [6, 6.07) is 14.0. The lowest BCUT2D eigenvalue weighted by Gasteiger charge is -2.17. The Hall–Kier alpha value is -2.87. The fourth-order valence-electron chi connectivity index (χ4n) is 2.89. The molecule has 8 heteroatoms. The van der Waals surface area contributed by atoms with E-state index in [1.807, 2.05) is 24.3 Å². The van der Waals surface area contributed by atoms with Gasteiger partial charge in [0, 0.05) is 5.69 Å². The van der Waals surface area contributed by atoms with Gasteiger partial charge in [-0.2, -0.15) is 0 Å². The lowest BCUT2D eigenvalue weighted by atomic mass is 9.97. The number of para-hydroxylation sites is 1. The minimum Gasteiger partial charge on any atom is -0.335 e. The molecule has 1 aromatic heterocycles. The van der Waals surface area contributed by atoms with Crippen molar-refractivity contribution in [3.8, 4) is 11.4 Å². The highest BCUT2D eigenvalue weighted by molar-refractivity contribution is 8.00. The number of halogens is 1. The number of hydrogen-bond acceptors (Lipinski definition) is 5. The van der Waals surface area contributed by atoms with Crippen molar-refractivity contribution in [2.45, 2.75) is 43.5 Å². The van der Waals surface area contributed by atoms with Crippen molar-refractivity contribution < 1.29 is 9.18 Å². The first-order valence-electron chi connectivity index (χ1n) is 9.44. The molecule has 3 rings (SSSR count). The first-order chi connectivity index (χ1) is 13.9. The topological polar surface area (TPSA) is 85.8 Å². The van der Waals surface area contributed by atoms with Gasteiger partial charge in [-0.25, -0.2) is 9.07 Å². The summed E-state index contributed by atoms with van der Waals surface area (Å²) < 4.78 is 15.2. The van der Waals surface area contributed by atoms with Crippen molar-refractivity contribution >= 4 is 23.4 Å². The van der Waals surface area contributed by atoms with E-state index in [1.165, 1.54) is 22.5 Å². The van der Waals surface area contributed by atoms with Gasteiger partial charge in [-0.05, 0) is 43.0 Å². The number of carbonyl (C=O) groups is 1. The molecular weight excluding hydrogens is 389 g/mol. The normalized spacial score (nSPS) is 13.1. The van der Waals surface area contributed by atoms with Crippen LogP contribution in [-0.4, -0.2) is 26.0 Å². The third-order valence-electron chi connectivity index (χ3n) is 4.79. The number of nitrogens with one attached hydrogen (secondary N) is 1. The lowest BCUT2D eigenvalue weighted by Crippen LogP contribution is -2.24. The summed E-state index contributed by atoms with van der Waals surface area (Å²) in [5.74, 6) is 6.01. The van der Waals surface area contributed by atoms with E-state index in [2.05, 4.69) is 29.4 Å². The van der Waals surface area contributed by atoms with Gasteiger partial charge in [0.25, 0.3) is 0 Å². The number of thioether (sulfide) groups is 1. The number of rotatable bonds is 7. The summed E-state index contributed by atoms with van der Waals surface area (Å²) in [6.07, 6.45) is 0.978. The van der Waals surface area contributed by atoms with E-state index in [0.717, 1.165) is 17.7 Å². The highest BCUT2D eigenvalue weighted by Crippen LogP contribution is 2.29. The molecule has 29 heavy (non-hydrogen) atoms. The molecule has 3 N–H and O–H groups in total. The second kappa shape index (κ2) is 9.09. The van der Waals surface area contributed by atoms with E-state index in [9.17, 15) is 9.18 Å². The number of nitrogen functional groups attached to an aromatic ring is 1. The van der Waals surface area contributed by atoms with Gasteiger partial charge in [0.15, 0.2) is 5.82 Å². The van der Waals surface area contributed by atoms with Gasteiger partial charge in [0.05, 0.1) is 10.8 Å². The van der Waals surface area contributed by atoms with Gasteiger partial charge in [0.2, 0.25) is 11.1 Å². The predicted octanol–water partition coefficient (Wildman–Crippen LogP) is 4.43. The first kappa shape index (κ1) is 20.9. The Morgan fingerprint density at radius 2 is 1.86 bits per heavy atom. The smallest absolute Gasteiger partial charge is 0.237 e. The van der Waals surface area contributed by atoms with E-state index in [0.29, 0.717) is 11.1 Å². The molecule has 0 unspecified atom stereocenters. The minimum atomic E-state index is -0.472. The third kappa shape index (κ3) is 4.59. The average molecular weight is 414 g/mol. The Bertz CT molecular complexity index is 1010. The van der Waals surface area contributed by atoms with Crippen LogP contribution in [0.4, 0.5) is 10.1 Å². The van der Waals surface area contributed by atoms with Crippen molar-refractivity contribution in [3.05, 3.63) is 59.9 Å². The van der Waals surface area contributed by atoms with Gasteiger partial charge in [0.1, 0.15) is 5.82 Å². The van der Waals surface area contributed by atoms with Crippen LogP contribution in [0.15, 0.2) is 53.7 Å². The van der Waals surface area contributed by atoms with Crippen molar-refractivity contribution in [2.75, 3.05) is 11.2 Å². The molecule has 0 saturated heterocycles. The van der Waals surface area contributed by atoms with Crippen LogP contribution in [0.1, 0.15) is 38.7 Å². The fraction of sp³-hybridized carbons (Fsp3) is 0.286. The highest BCUT2D eigenvalue weighted by Gasteiger charge is 2.22. The number of nitrogens with two attached hydrogens (primary N) is 1. The highest BCUT2D eigenvalue weighted by atomic mass is 32.2. The van der Waals surface area contributed by atoms with Crippen molar-refractivity contribution in [3.63, 3.8) is 0 Å². The molecule has 0 aliphatic carbocycles. The third-order valence-corrected chi connectivity index (χ3v) is 5.85. The van der Waals surface area contributed by atoms with Crippen LogP contribution >= 0.6 is 11.8 Å². The molecule has 6 nitrogen and oxygen atoms in total. The monoisotopic (exact) mass is 413 g/mol. The maximum atomic E-state index is 14.0. The number of anilines is 1. The quantitative estimate of drug-likeness (QED) is 0.442. The van der Waals surface area contributed by atoms with Crippen LogP contribution < -0.4 is 11.2 Å². The Morgan fingerprint density at radius 3 is 2.59 bits per heavy atom. The molecule has 0 aliphatic heterocycles.